The molecule has 1 aliphatic heterocycles. The highest BCUT2D eigenvalue weighted by Crippen LogP contribution is 2.27. The Morgan fingerprint density at radius 2 is 2.11 bits per heavy atom. The summed E-state index contributed by atoms with van der Waals surface area (Å²) >= 11 is 0. The topological polar surface area (TPSA) is 58.9 Å². The first kappa shape index (κ1) is 13.6. The number of hydrogen-bond donors (Lipinski definition) is 1. The number of benzene rings is 1. The quantitative estimate of drug-likeness (QED) is 0.886. The molecule has 4 nitrogen and oxygen atoms in total. The monoisotopic (exact) mass is 261 g/mol. The Kier molecular flexibility index (Phi) is 4.20. The zero-order valence-corrected chi connectivity index (χ0v) is 11.2. The van der Waals surface area contributed by atoms with Gasteiger partial charge in [0.2, 0.25) is 5.90 Å². The fraction of sp³-hybridized carbons (Fsp3) is 0.467. The largest absolute Gasteiger partial charge is 0.481 e. The van der Waals surface area contributed by atoms with Crippen LogP contribution in [0, 0.1) is 5.92 Å². The van der Waals surface area contributed by atoms with E-state index in [2.05, 4.69) is 18.8 Å². The molecular formula is C15H19NO3. The summed E-state index contributed by atoms with van der Waals surface area (Å²) in [4.78, 5) is 15.5. The average molecular weight is 261 g/mol. The minimum Gasteiger partial charge on any atom is -0.481 e. The lowest BCUT2D eigenvalue weighted by molar-refractivity contribution is -0.139. The molecule has 1 aromatic rings. The predicted octanol–water partition coefficient (Wildman–Crippen LogP) is 2.72. The standard InChI is InChI=1S/C15H19NO3/c1-3-10(2)14-12(9-13(17)18)19-15(16-14)11-7-5-4-6-8-11/h4-8,10,12,14H,3,9H2,1-2H3,(H,17,18)/t10?,12-,14-/m0/s1. The highest BCUT2D eigenvalue weighted by atomic mass is 16.5. The summed E-state index contributed by atoms with van der Waals surface area (Å²) in [5, 5.41) is 8.97. The second-order valence-corrected chi connectivity index (χ2v) is 4.93. The van der Waals surface area contributed by atoms with Crippen molar-refractivity contribution in [2.75, 3.05) is 0 Å². The smallest absolute Gasteiger partial charge is 0.307 e. The van der Waals surface area contributed by atoms with Gasteiger partial charge in [0.25, 0.3) is 0 Å². The fourth-order valence-corrected chi connectivity index (χ4v) is 2.26. The number of aliphatic carboxylic acids is 1. The van der Waals surface area contributed by atoms with Crippen molar-refractivity contribution in [2.24, 2.45) is 10.9 Å². The highest BCUT2D eigenvalue weighted by Gasteiger charge is 2.35. The van der Waals surface area contributed by atoms with Gasteiger partial charge in [-0.2, -0.15) is 0 Å². The van der Waals surface area contributed by atoms with Crippen LogP contribution in [0.1, 0.15) is 32.3 Å². The third-order valence-electron chi connectivity index (χ3n) is 3.53. The van der Waals surface area contributed by atoms with Crippen LogP contribution in [0.5, 0.6) is 0 Å². The third kappa shape index (κ3) is 3.13. The average Bonchev–Trinajstić information content (AvgIpc) is 2.82. The van der Waals surface area contributed by atoms with Gasteiger partial charge in [-0.1, -0.05) is 38.5 Å². The molecule has 1 aliphatic rings. The van der Waals surface area contributed by atoms with Gasteiger partial charge in [0.1, 0.15) is 6.10 Å². The molecule has 0 saturated carbocycles. The lowest BCUT2D eigenvalue weighted by Crippen LogP contribution is -2.30. The molecule has 3 atom stereocenters. The Bertz CT molecular complexity index is 470. The molecule has 102 valence electrons. The predicted molar refractivity (Wildman–Crippen MR) is 73.3 cm³/mol. The van der Waals surface area contributed by atoms with Gasteiger partial charge in [-0.05, 0) is 18.1 Å². The van der Waals surface area contributed by atoms with Crippen molar-refractivity contribution >= 4 is 11.9 Å². The lowest BCUT2D eigenvalue weighted by Gasteiger charge is -2.20. The van der Waals surface area contributed by atoms with Gasteiger partial charge >= 0.3 is 5.97 Å². The van der Waals surface area contributed by atoms with E-state index in [4.69, 9.17) is 9.84 Å². The molecule has 2 rings (SSSR count). The molecule has 1 N–H and O–H groups in total. The maximum atomic E-state index is 10.9. The normalized spacial score (nSPS) is 23.6. The summed E-state index contributed by atoms with van der Waals surface area (Å²) in [7, 11) is 0. The van der Waals surface area contributed by atoms with Crippen molar-refractivity contribution in [1.82, 2.24) is 0 Å². The maximum Gasteiger partial charge on any atom is 0.307 e. The summed E-state index contributed by atoms with van der Waals surface area (Å²) in [5.41, 5.74) is 0.906. The number of carboxylic acid groups (broad SMARTS) is 1. The molecule has 0 saturated heterocycles. The van der Waals surface area contributed by atoms with Crippen LogP contribution in [0.15, 0.2) is 35.3 Å². The Hall–Kier alpha value is -1.84. The Morgan fingerprint density at radius 3 is 2.68 bits per heavy atom. The third-order valence-corrected chi connectivity index (χ3v) is 3.53. The number of hydrogen-bond acceptors (Lipinski definition) is 3. The first-order valence-corrected chi connectivity index (χ1v) is 6.63. The first-order chi connectivity index (χ1) is 9.11. The van der Waals surface area contributed by atoms with Crippen LogP contribution < -0.4 is 0 Å². The van der Waals surface area contributed by atoms with E-state index < -0.39 is 5.97 Å². The second-order valence-electron chi connectivity index (χ2n) is 4.93. The van der Waals surface area contributed by atoms with Gasteiger partial charge in [0, 0.05) is 5.56 Å². The van der Waals surface area contributed by atoms with E-state index in [0.717, 1.165) is 12.0 Å². The summed E-state index contributed by atoms with van der Waals surface area (Å²) in [6.07, 6.45) is 0.590. The van der Waals surface area contributed by atoms with E-state index >= 15 is 0 Å². The van der Waals surface area contributed by atoms with Crippen molar-refractivity contribution in [1.29, 1.82) is 0 Å². The SMILES string of the molecule is CCC(C)[C@@H]1N=C(c2ccccc2)O[C@H]1CC(=O)O. The van der Waals surface area contributed by atoms with Crippen molar-refractivity contribution in [2.45, 2.75) is 38.8 Å². The van der Waals surface area contributed by atoms with Crippen LogP contribution in [-0.2, 0) is 9.53 Å². The van der Waals surface area contributed by atoms with Crippen LogP contribution in [0.3, 0.4) is 0 Å². The molecule has 19 heavy (non-hydrogen) atoms. The Morgan fingerprint density at radius 1 is 1.42 bits per heavy atom. The van der Waals surface area contributed by atoms with E-state index in [1.54, 1.807) is 0 Å². The molecule has 1 aromatic carbocycles. The number of carbonyl (C=O) groups is 1. The van der Waals surface area contributed by atoms with Gasteiger partial charge in [-0.25, -0.2) is 4.99 Å². The van der Waals surface area contributed by atoms with E-state index in [1.165, 1.54) is 0 Å². The van der Waals surface area contributed by atoms with Crippen molar-refractivity contribution < 1.29 is 14.6 Å². The fourth-order valence-electron chi connectivity index (χ4n) is 2.26. The van der Waals surface area contributed by atoms with Crippen molar-refractivity contribution in [3.8, 4) is 0 Å². The molecule has 0 fully saturated rings. The number of rotatable bonds is 5. The number of aliphatic imine (C=N–C) groups is 1. The van der Waals surface area contributed by atoms with Gasteiger partial charge < -0.3 is 9.84 Å². The van der Waals surface area contributed by atoms with Gasteiger partial charge in [-0.3, -0.25) is 4.79 Å². The minimum absolute atomic E-state index is 0.00512. The lowest BCUT2D eigenvalue weighted by atomic mass is 9.94. The highest BCUT2D eigenvalue weighted by molar-refractivity contribution is 5.95. The molecule has 0 bridgehead atoms. The second kappa shape index (κ2) is 5.87. The Balaban J connectivity index is 2.21. The molecule has 4 heteroatoms. The molecule has 0 spiro atoms. The molecular weight excluding hydrogens is 242 g/mol. The van der Waals surface area contributed by atoms with Crippen LogP contribution in [-0.4, -0.2) is 29.1 Å². The van der Waals surface area contributed by atoms with E-state index in [0.29, 0.717) is 11.8 Å². The van der Waals surface area contributed by atoms with Crippen LogP contribution in [0.4, 0.5) is 0 Å². The number of nitrogens with zero attached hydrogens (tertiary/aromatic N) is 1. The summed E-state index contributed by atoms with van der Waals surface area (Å²) in [5.74, 6) is 0.0329. The van der Waals surface area contributed by atoms with Crippen molar-refractivity contribution in [3.05, 3.63) is 35.9 Å². The molecule has 0 amide bonds. The van der Waals surface area contributed by atoms with Gasteiger partial charge in [0.15, 0.2) is 0 Å². The minimum atomic E-state index is -0.845. The van der Waals surface area contributed by atoms with E-state index in [-0.39, 0.29) is 18.6 Å². The Labute approximate surface area is 113 Å². The van der Waals surface area contributed by atoms with Crippen LogP contribution >= 0.6 is 0 Å². The molecule has 1 unspecified atom stereocenters. The van der Waals surface area contributed by atoms with Gasteiger partial charge in [-0.15, -0.1) is 0 Å². The molecule has 0 radical (unpaired) electrons. The zero-order valence-electron chi connectivity index (χ0n) is 11.2. The van der Waals surface area contributed by atoms with E-state index in [9.17, 15) is 4.79 Å². The van der Waals surface area contributed by atoms with Crippen molar-refractivity contribution in [3.63, 3.8) is 0 Å². The zero-order chi connectivity index (χ0) is 13.8. The van der Waals surface area contributed by atoms with Crippen LogP contribution in [0.2, 0.25) is 0 Å². The van der Waals surface area contributed by atoms with E-state index in [1.807, 2.05) is 30.3 Å². The van der Waals surface area contributed by atoms with Crippen LogP contribution in [0.25, 0.3) is 0 Å². The van der Waals surface area contributed by atoms with Gasteiger partial charge in [0.05, 0.1) is 12.5 Å². The number of ether oxygens (including phenoxy) is 1. The maximum absolute atomic E-state index is 10.9. The summed E-state index contributed by atoms with van der Waals surface area (Å²) in [6, 6.07) is 9.55. The summed E-state index contributed by atoms with van der Waals surface area (Å²) < 4.78 is 5.76. The first-order valence-electron chi connectivity index (χ1n) is 6.63. The molecule has 0 aliphatic carbocycles. The molecule has 0 aromatic heterocycles. The summed E-state index contributed by atoms with van der Waals surface area (Å²) in [6.45, 7) is 4.17. The molecule has 1 heterocycles. The number of carboxylic acids is 1.